The molecule has 1 aromatic heterocycles. The van der Waals surface area contributed by atoms with Crippen molar-refractivity contribution in [2.45, 2.75) is 56.8 Å². The minimum absolute atomic E-state index is 0.000715. The number of hydrogen-bond donors (Lipinski definition) is 2. The van der Waals surface area contributed by atoms with Gasteiger partial charge in [-0.25, -0.2) is 14.8 Å². The van der Waals surface area contributed by atoms with Gasteiger partial charge in [-0.2, -0.15) is 39.5 Å². The highest BCUT2D eigenvalue weighted by atomic mass is 79.9. The second kappa shape index (κ2) is 11.3. The minimum Gasteiger partial charge on any atom is -0.465 e. The van der Waals surface area contributed by atoms with Gasteiger partial charge in [0.05, 0.1) is 38.6 Å². The van der Waals surface area contributed by atoms with Gasteiger partial charge in [-0.3, -0.25) is 4.90 Å². The Kier molecular flexibility index (Phi) is 8.41. The van der Waals surface area contributed by atoms with Gasteiger partial charge in [0.1, 0.15) is 0 Å². The fourth-order valence-corrected chi connectivity index (χ4v) is 5.07. The average molecular weight is 671 g/mol. The van der Waals surface area contributed by atoms with Crippen molar-refractivity contribution < 1.29 is 49.4 Å². The van der Waals surface area contributed by atoms with Crippen LogP contribution in [0.5, 0.6) is 0 Å². The van der Waals surface area contributed by atoms with E-state index in [-0.39, 0.29) is 45.4 Å². The third-order valence-corrected chi connectivity index (χ3v) is 7.34. The second-order valence-corrected chi connectivity index (χ2v) is 10.4. The van der Waals surface area contributed by atoms with E-state index in [1.807, 2.05) is 0 Å². The highest BCUT2D eigenvalue weighted by molar-refractivity contribution is 9.10. The standard InChI is InChI=1S/C26H20BrF9N4O2/c1-2-16-10-19(17-9-13(24(28,29)30)3-4-21(17)40(16)23(41)42)38-22-37-11-18(27)20(39-22)7-12-5-14(25(31,32)33)8-15(6-12)26(34,35)36/h3-6,8-9,11,16,19H,2,7,10H2,1H3,(H,41,42)(H,37,38,39)/t16-,19+/m1/s1. The molecule has 0 aliphatic carbocycles. The molecule has 16 heteroatoms. The first-order valence-electron chi connectivity index (χ1n) is 12.2. The zero-order chi connectivity index (χ0) is 31.2. The van der Waals surface area contributed by atoms with Crippen LogP contribution >= 0.6 is 15.9 Å². The number of carboxylic acid groups (broad SMARTS) is 1. The molecule has 4 rings (SSSR count). The maximum Gasteiger partial charge on any atom is 0.416 e. The molecular weight excluding hydrogens is 651 g/mol. The summed E-state index contributed by atoms with van der Waals surface area (Å²) >= 11 is 3.14. The Hall–Kier alpha value is -3.56. The zero-order valence-electron chi connectivity index (χ0n) is 21.3. The molecule has 0 saturated heterocycles. The van der Waals surface area contributed by atoms with Crippen molar-refractivity contribution in [3.63, 3.8) is 0 Å². The van der Waals surface area contributed by atoms with Gasteiger partial charge in [-0.1, -0.05) is 6.92 Å². The summed E-state index contributed by atoms with van der Waals surface area (Å²) in [7, 11) is 0. The summed E-state index contributed by atoms with van der Waals surface area (Å²) in [5.41, 5.74) is -4.34. The fraction of sp³-hybridized carbons (Fsp3) is 0.346. The highest BCUT2D eigenvalue weighted by Crippen LogP contribution is 2.43. The highest BCUT2D eigenvalue weighted by Gasteiger charge is 2.39. The Morgan fingerprint density at radius 1 is 0.976 bits per heavy atom. The van der Waals surface area contributed by atoms with Crippen molar-refractivity contribution in [1.29, 1.82) is 0 Å². The quantitative estimate of drug-likeness (QED) is 0.266. The Bertz CT molecular complexity index is 1460. The van der Waals surface area contributed by atoms with Crippen LogP contribution in [-0.2, 0) is 24.9 Å². The molecule has 0 bridgehead atoms. The Morgan fingerprint density at radius 2 is 1.57 bits per heavy atom. The van der Waals surface area contributed by atoms with Crippen molar-refractivity contribution in [3.05, 3.63) is 80.6 Å². The fourth-order valence-electron chi connectivity index (χ4n) is 4.74. The van der Waals surface area contributed by atoms with Gasteiger partial charge < -0.3 is 10.4 Å². The van der Waals surface area contributed by atoms with E-state index in [0.29, 0.717) is 18.6 Å². The van der Waals surface area contributed by atoms with E-state index in [1.54, 1.807) is 6.92 Å². The molecule has 226 valence electrons. The lowest BCUT2D eigenvalue weighted by atomic mass is 9.89. The minimum atomic E-state index is -5.05. The van der Waals surface area contributed by atoms with Crippen molar-refractivity contribution >= 4 is 33.7 Å². The summed E-state index contributed by atoms with van der Waals surface area (Å²) in [4.78, 5) is 21.2. The third kappa shape index (κ3) is 6.73. The van der Waals surface area contributed by atoms with Crippen LogP contribution in [0, 0.1) is 0 Å². The number of halogens is 10. The lowest BCUT2D eigenvalue weighted by Gasteiger charge is -2.39. The van der Waals surface area contributed by atoms with E-state index in [9.17, 15) is 49.4 Å². The van der Waals surface area contributed by atoms with E-state index in [4.69, 9.17) is 0 Å². The SMILES string of the molecule is CC[C@@H]1C[C@H](Nc2ncc(Br)c(Cc3cc(C(F)(F)F)cc(C(F)(F)F)c3)n2)c2cc(C(F)(F)F)ccc2N1C(=O)O. The molecule has 0 fully saturated rings. The molecule has 1 amide bonds. The summed E-state index contributed by atoms with van der Waals surface area (Å²) in [5, 5.41) is 12.6. The molecule has 2 heterocycles. The Morgan fingerprint density at radius 3 is 2.10 bits per heavy atom. The van der Waals surface area contributed by atoms with Crippen molar-refractivity contribution in [2.75, 3.05) is 10.2 Å². The molecular formula is C26H20BrF9N4O2. The van der Waals surface area contributed by atoms with Gasteiger partial charge >= 0.3 is 24.6 Å². The van der Waals surface area contributed by atoms with E-state index < -0.39 is 59.8 Å². The Balaban J connectivity index is 1.72. The maximum atomic E-state index is 13.5. The molecule has 2 N–H and O–H groups in total. The second-order valence-electron chi connectivity index (χ2n) is 9.50. The maximum absolute atomic E-state index is 13.5. The molecule has 0 unspecified atom stereocenters. The molecule has 42 heavy (non-hydrogen) atoms. The molecule has 0 radical (unpaired) electrons. The van der Waals surface area contributed by atoms with E-state index >= 15 is 0 Å². The molecule has 1 aliphatic rings. The van der Waals surface area contributed by atoms with Gasteiger partial charge in [0.15, 0.2) is 0 Å². The largest absolute Gasteiger partial charge is 0.465 e. The first kappa shape index (κ1) is 31.4. The predicted molar refractivity (Wildman–Crippen MR) is 136 cm³/mol. The Labute approximate surface area is 240 Å². The number of alkyl halides is 9. The van der Waals surface area contributed by atoms with Crippen LogP contribution in [0.4, 0.5) is 55.9 Å². The number of anilines is 2. The number of amides is 1. The molecule has 0 spiro atoms. The molecule has 2 aromatic carbocycles. The monoisotopic (exact) mass is 670 g/mol. The van der Waals surface area contributed by atoms with Crippen LogP contribution in [0.2, 0.25) is 0 Å². The van der Waals surface area contributed by atoms with Crippen molar-refractivity contribution in [2.24, 2.45) is 0 Å². The lowest BCUT2D eigenvalue weighted by molar-refractivity contribution is -0.143. The van der Waals surface area contributed by atoms with E-state index in [2.05, 4.69) is 31.2 Å². The van der Waals surface area contributed by atoms with Gasteiger partial charge in [0.2, 0.25) is 5.95 Å². The average Bonchev–Trinajstić information content (AvgIpc) is 2.88. The van der Waals surface area contributed by atoms with Crippen LogP contribution in [0.15, 0.2) is 47.1 Å². The number of hydrogen-bond acceptors (Lipinski definition) is 4. The summed E-state index contributed by atoms with van der Waals surface area (Å²) in [6, 6.07) is 2.23. The number of nitrogens with one attached hydrogen (secondary N) is 1. The summed E-state index contributed by atoms with van der Waals surface area (Å²) < 4.78 is 121. The van der Waals surface area contributed by atoms with Crippen LogP contribution in [0.1, 0.15) is 59.3 Å². The first-order chi connectivity index (χ1) is 19.4. The number of carbonyl (C=O) groups is 1. The van der Waals surface area contributed by atoms with Gasteiger partial charge in [0, 0.05) is 18.7 Å². The third-order valence-electron chi connectivity index (χ3n) is 6.68. The van der Waals surface area contributed by atoms with E-state index in [0.717, 1.165) is 23.1 Å². The summed E-state index contributed by atoms with van der Waals surface area (Å²) in [6.07, 6.45) is -15.1. The molecule has 6 nitrogen and oxygen atoms in total. The number of fused-ring (bicyclic) bond motifs is 1. The normalized spacial score (nSPS) is 17.6. The van der Waals surface area contributed by atoms with Crippen molar-refractivity contribution in [1.82, 2.24) is 9.97 Å². The van der Waals surface area contributed by atoms with Crippen LogP contribution < -0.4 is 10.2 Å². The van der Waals surface area contributed by atoms with Crippen LogP contribution in [0.3, 0.4) is 0 Å². The number of aromatic nitrogens is 2. The number of nitrogens with zero attached hydrogens (tertiary/aromatic N) is 3. The molecule has 1 aliphatic heterocycles. The summed E-state index contributed by atoms with van der Waals surface area (Å²) in [6.45, 7) is 1.70. The van der Waals surface area contributed by atoms with E-state index in [1.165, 1.54) is 6.20 Å². The van der Waals surface area contributed by atoms with Gasteiger partial charge in [-0.15, -0.1) is 0 Å². The smallest absolute Gasteiger partial charge is 0.416 e. The lowest BCUT2D eigenvalue weighted by Crippen LogP contribution is -2.45. The zero-order valence-corrected chi connectivity index (χ0v) is 22.9. The predicted octanol–water partition coefficient (Wildman–Crippen LogP) is 8.71. The molecule has 3 aromatic rings. The van der Waals surface area contributed by atoms with Crippen LogP contribution in [0.25, 0.3) is 0 Å². The molecule has 0 saturated carbocycles. The first-order valence-corrected chi connectivity index (χ1v) is 13.0. The van der Waals surface area contributed by atoms with Gasteiger partial charge in [0.25, 0.3) is 0 Å². The summed E-state index contributed by atoms with van der Waals surface area (Å²) in [5.74, 6) is -0.178. The topological polar surface area (TPSA) is 78.4 Å². The number of benzene rings is 2. The molecule has 2 atom stereocenters. The van der Waals surface area contributed by atoms with Crippen LogP contribution in [-0.4, -0.2) is 27.2 Å². The van der Waals surface area contributed by atoms with Gasteiger partial charge in [-0.05, 0) is 76.3 Å². The van der Waals surface area contributed by atoms with Crippen molar-refractivity contribution in [3.8, 4) is 0 Å². The number of rotatable bonds is 5.